The molecule has 100 valence electrons. The molecule has 2 N–H and O–H groups in total. The Morgan fingerprint density at radius 3 is 2.94 bits per heavy atom. The first-order valence-electron chi connectivity index (χ1n) is 5.63. The summed E-state index contributed by atoms with van der Waals surface area (Å²) in [5, 5.41) is 0. The van der Waals surface area contributed by atoms with Gasteiger partial charge in [0.1, 0.15) is 0 Å². The molecule has 0 spiro atoms. The Balaban J connectivity index is 0.00000162. The van der Waals surface area contributed by atoms with Gasteiger partial charge in [0.15, 0.2) is 0 Å². The molecule has 1 unspecified atom stereocenters. The maximum atomic E-state index is 11.9. The van der Waals surface area contributed by atoms with Gasteiger partial charge in [-0.3, -0.25) is 4.79 Å². The number of likely N-dealkylation sites (tertiary alicyclic amines) is 1. The Morgan fingerprint density at radius 1 is 1.56 bits per heavy atom. The van der Waals surface area contributed by atoms with Gasteiger partial charge >= 0.3 is 0 Å². The van der Waals surface area contributed by atoms with Gasteiger partial charge in [0.25, 0.3) is 0 Å². The second-order valence-electron chi connectivity index (χ2n) is 4.16. The molecule has 6 heteroatoms. The van der Waals surface area contributed by atoms with E-state index in [0.29, 0.717) is 6.54 Å². The van der Waals surface area contributed by atoms with Crippen LogP contribution < -0.4 is 5.73 Å². The van der Waals surface area contributed by atoms with Gasteiger partial charge in [-0.25, -0.2) is 0 Å². The molecule has 1 fully saturated rings. The summed E-state index contributed by atoms with van der Waals surface area (Å²) in [7, 11) is 0. The molecule has 1 aromatic heterocycles. The van der Waals surface area contributed by atoms with Crippen molar-refractivity contribution in [1.29, 1.82) is 0 Å². The molecular formula is C12H16BrClN2OS. The number of hydrogen-bond acceptors (Lipinski definition) is 3. The molecule has 0 radical (unpaired) electrons. The van der Waals surface area contributed by atoms with E-state index in [-0.39, 0.29) is 24.4 Å². The quantitative estimate of drug-likeness (QED) is 0.833. The average molecular weight is 352 g/mol. The fourth-order valence-corrected chi connectivity index (χ4v) is 3.21. The van der Waals surface area contributed by atoms with Crippen molar-refractivity contribution in [3.05, 3.63) is 26.9 Å². The number of thiophene rings is 1. The number of rotatable bonds is 2. The molecule has 1 aliphatic heterocycles. The molecule has 18 heavy (non-hydrogen) atoms. The van der Waals surface area contributed by atoms with E-state index in [1.807, 2.05) is 23.1 Å². The minimum atomic E-state index is 0. The maximum Gasteiger partial charge on any atom is 0.246 e. The zero-order valence-corrected chi connectivity index (χ0v) is 13.1. The molecule has 0 bridgehead atoms. The number of carbonyl (C=O) groups excluding carboxylic acids is 1. The summed E-state index contributed by atoms with van der Waals surface area (Å²) >= 11 is 5.01. The highest BCUT2D eigenvalue weighted by atomic mass is 79.9. The molecule has 0 saturated carbocycles. The largest absolute Gasteiger partial charge is 0.338 e. The molecule has 2 heterocycles. The SMILES string of the molecule is Cl.NC1CCCN(C(=O)C=Cc2ccc(Br)s2)C1. The summed E-state index contributed by atoms with van der Waals surface area (Å²) in [5.74, 6) is 0.0599. The Hall–Kier alpha value is -0.360. The van der Waals surface area contributed by atoms with Crippen molar-refractivity contribution in [2.24, 2.45) is 5.73 Å². The topological polar surface area (TPSA) is 46.3 Å². The van der Waals surface area contributed by atoms with Crippen molar-refractivity contribution in [1.82, 2.24) is 4.90 Å². The number of piperidine rings is 1. The molecule has 1 aliphatic rings. The number of carbonyl (C=O) groups is 1. The smallest absolute Gasteiger partial charge is 0.246 e. The summed E-state index contributed by atoms with van der Waals surface area (Å²) in [4.78, 5) is 14.8. The van der Waals surface area contributed by atoms with Gasteiger partial charge in [-0.1, -0.05) is 0 Å². The van der Waals surface area contributed by atoms with Crippen LogP contribution in [0.5, 0.6) is 0 Å². The number of hydrogen-bond donors (Lipinski definition) is 1. The Labute approximate surface area is 126 Å². The zero-order chi connectivity index (χ0) is 12.3. The van der Waals surface area contributed by atoms with Crippen LogP contribution >= 0.6 is 39.7 Å². The summed E-state index contributed by atoms with van der Waals surface area (Å²) in [6.07, 6.45) is 5.52. The van der Waals surface area contributed by atoms with E-state index >= 15 is 0 Å². The molecule has 1 atom stereocenters. The zero-order valence-electron chi connectivity index (χ0n) is 9.84. The lowest BCUT2D eigenvalue weighted by Gasteiger charge is -2.29. The average Bonchev–Trinajstić information content (AvgIpc) is 2.72. The van der Waals surface area contributed by atoms with Crippen molar-refractivity contribution in [2.45, 2.75) is 18.9 Å². The van der Waals surface area contributed by atoms with Gasteiger partial charge in [0.2, 0.25) is 5.91 Å². The number of nitrogens with zero attached hydrogens (tertiary/aromatic N) is 1. The fraction of sp³-hybridized carbons (Fsp3) is 0.417. The first kappa shape index (κ1) is 15.7. The lowest BCUT2D eigenvalue weighted by atomic mass is 10.1. The molecule has 2 rings (SSSR count). The first-order valence-corrected chi connectivity index (χ1v) is 7.24. The van der Waals surface area contributed by atoms with Crippen molar-refractivity contribution in [3.63, 3.8) is 0 Å². The summed E-state index contributed by atoms with van der Waals surface area (Å²) < 4.78 is 1.07. The number of nitrogens with two attached hydrogens (primary N) is 1. The van der Waals surface area contributed by atoms with Crippen LogP contribution in [0.25, 0.3) is 6.08 Å². The van der Waals surface area contributed by atoms with E-state index in [2.05, 4.69) is 15.9 Å². The van der Waals surface area contributed by atoms with Crippen molar-refractivity contribution >= 4 is 51.7 Å². The molecule has 0 aromatic carbocycles. The summed E-state index contributed by atoms with van der Waals surface area (Å²) in [6, 6.07) is 4.10. The maximum absolute atomic E-state index is 11.9. The second kappa shape index (κ2) is 7.28. The minimum Gasteiger partial charge on any atom is -0.338 e. The Kier molecular flexibility index (Phi) is 6.35. The van der Waals surface area contributed by atoms with Gasteiger partial charge in [0.05, 0.1) is 3.79 Å². The van der Waals surface area contributed by atoms with E-state index in [0.717, 1.165) is 28.0 Å². The second-order valence-corrected chi connectivity index (χ2v) is 6.66. The predicted molar refractivity (Wildman–Crippen MR) is 82.1 cm³/mol. The van der Waals surface area contributed by atoms with Gasteiger partial charge in [-0.05, 0) is 47.0 Å². The Morgan fingerprint density at radius 2 is 2.33 bits per heavy atom. The Bertz CT molecular complexity index is 435. The van der Waals surface area contributed by atoms with Crippen LogP contribution in [0.3, 0.4) is 0 Å². The minimum absolute atomic E-state index is 0. The third kappa shape index (κ3) is 4.39. The molecule has 1 saturated heterocycles. The van der Waals surface area contributed by atoms with E-state index in [1.165, 1.54) is 0 Å². The van der Waals surface area contributed by atoms with Crippen LogP contribution in [0.1, 0.15) is 17.7 Å². The van der Waals surface area contributed by atoms with Crippen LogP contribution in [0.15, 0.2) is 22.0 Å². The first-order chi connectivity index (χ1) is 8.15. The van der Waals surface area contributed by atoms with Gasteiger partial charge in [-0.2, -0.15) is 0 Å². The molecule has 1 amide bonds. The van der Waals surface area contributed by atoms with Crippen LogP contribution in [0.2, 0.25) is 0 Å². The van der Waals surface area contributed by atoms with E-state index in [9.17, 15) is 4.79 Å². The molecule has 0 aliphatic carbocycles. The highest BCUT2D eigenvalue weighted by Gasteiger charge is 2.19. The van der Waals surface area contributed by atoms with E-state index < -0.39 is 0 Å². The monoisotopic (exact) mass is 350 g/mol. The van der Waals surface area contributed by atoms with Gasteiger partial charge in [0, 0.05) is 30.1 Å². The standard InChI is InChI=1S/C12H15BrN2OS.ClH/c13-11-5-3-10(17-11)4-6-12(16)15-7-1-2-9(14)8-15;/h3-6,9H,1-2,7-8,14H2;1H. The summed E-state index contributed by atoms with van der Waals surface area (Å²) in [5.41, 5.74) is 5.85. The number of amides is 1. The third-order valence-corrected chi connectivity index (χ3v) is 4.34. The van der Waals surface area contributed by atoms with Crippen molar-refractivity contribution in [2.75, 3.05) is 13.1 Å². The van der Waals surface area contributed by atoms with Crippen LogP contribution in [0, 0.1) is 0 Å². The van der Waals surface area contributed by atoms with Gasteiger partial charge < -0.3 is 10.6 Å². The summed E-state index contributed by atoms with van der Waals surface area (Å²) in [6.45, 7) is 1.50. The van der Waals surface area contributed by atoms with E-state index in [1.54, 1.807) is 17.4 Å². The van der Waals surface area contributed by atoms with Crippen molar-refractivity contribution < 1.29 is 4.79 Å². The van der Waals surface area contributed by atoms with Crippen LogP contribution in [0.4, 0.5) is 0 Å². The lowest BCUT2D eigenvalue weighted by Crippen LogP contribution is -2.45. The lowest BCUT2D eigenvalue weighted by molar-refractivity contribution is -0.127. The normalized spacial score (nSPS) is 19.9. The van der Waals surface area contributed by atoms with Crippen molar-refractivity contribution in [3.8, 4) is 0 Å². The molecule has 1 aromatic rings. The highest BCUT2D eigenvalue weighted by molar-refractivity contribution is 9.11. The van der Waals surface area contributed by atoms with Crippen LogP contribution in [-0.4, -0.2) is 29.9 Å². The van der Waals surface area contributed by atoms with Gasteiger partial charge in [-0.15, -0.1) is 23.7 Å². The predicted octanol–water partition coefficient (Wildman–Crippen LogP) is 2.90. The molecular weight excluding hydrogens is 336 g/mol. The highest BCUT2D eigenvalue weighted by Crippen LogP contribution is 2.23. The number of halogens is 2. The molecule has 3 nitrogen and oxygen atoms in total. The third-order valence-electron chi connectivity index (χ3n) is 2.75. The van der Waals surface area contributed by atoms with E-state index in [4.69, 9.17) is 5.73 Å². The fourth-order valence-electron chi connectivity index (χ4n) is 1.89. The van der Waals surface area contributed by atoms with Crippen LogP contribution in [-0.2, 0) is 4.79 Å².